The van der Waals surface area contributed by atoms with E-state index in [0.29, 0.717) is 30.3 Å². The average molecular weight is 371 g/mol. The maximum absolute atomic E-state index is 12.8. The van der Waals surface area contributed by atoms with Crippen LogP contribution in [0, 0.1) is 6.92 Å². The first-order chi connectivity index (χ1) is 13.0. The van der Waals surface area contributed by atoms with E-state index < -0.39 is 5.56 Å². The van der Waals surface area contributed by atoms with Crippen LogP contribution < -0.4 is 15.6 Å². The van der Waals surface area contributed by atoms with E-state index >= 15 is 0 Å². The van der Waals surface area contributed by atoms with Gasteiger partial charge in [-0.3, -0.25) is 14.4 Å². The number of hydrogen-bond acceptors (Lipinski definition) is 5. The molecular formula is C19H21N3O5. The first-order valence-electron chi connectivity index (χ1n) is 8.51. The van der Waals surface area contributed by atoms with Gasteiger partial charge in [-0.25, -0.2) is 0 Å². The molecule has 0 radical (unpaired) electrons. The molecule has 3 rings (SSSR count). The van der Waals surface area contributed by atoms with E-state index in [1.54, 1.807) is 36.1 Å². The van der Waals surface area contributed by atoms with Gasteiger partial charge in [-0.05, 0) is 37.3 Å². The van der Waals surface area contributed by atoms with E-state index in [9.17, 15) is 14.4 Å². The Labute approximate surface area is 156 Å². The molecule has 1 aromatic heterocycles. The van der Waals surface area contributed by atoms with Crippen LogP contribution >= 0.6 is 0 Å². The number of aromatic amines is 1. The van der Waals surface area contributed by atoms with Crippen molar-refractivity contribution >= 4 is 17.5 Å². The highest BCUT2D eigenvalue weighted by atomic mass is 16.5. The van der Waals surface area contributed by atoms with Gasteiger partial charge in [0.25, 0.3) is 11.5 Å². The van der Waals surface area contributed by atoms with Crippen molar-refractivity contribution in [1.29, 1.82) is 0 Å². The van der Waals surface area contributed by atoms with Crippen LogP contribution in [0.5, 0.6) is 5.75 Å². The normalized spacial score (nSPS) is 13.3. The number of amides is 2. The lowest BCUT2D eigenvalue weighted by molar-refractivity contribution is -0.119. The van der Waals surface area contributed by atoms with Crippen LogP contribution in [0.15, 0.2) is 35.1 Å². The van der Waals surface area contributed by atoms with Gasteiger partial charge in [-0.1, -0.05) is 0 Å². The van der Waals surface area contributed by atoms with Gasteiger partial charge >= 0.3 is 0 Å². The van der Waals surface area contributed by atoms with Gasteiger partial charge < -0.3 is 24.7 Å². The highest BCUT2D eigenvalue weighted by Crippen LogP contribution is 2.27. The zero-order valence-corrected chi connectivity index (χ0v) is 15.2. The summed E-state index contributed by atoms with van der Waals surface area (Å²) < 4.78 is 10.5. The maximum atomic E-state index is 12.8. The van der Waals surface area contributed by atoms with E-state index in [0.717, 1.165) is 5.56 Å². The molecule has 0 bridgehead atoms. The third kappa shape index (κ3) is 4.35. The van der Waals surface area contributed by atoms with Crippen LogP contribution in [0.2, 0.25) is 0 Å². The summed E-state index contributed by atoms with van der Waals surface area (Å²) in [6, 6.07) is 8.47. The van der Waals surface area contributed by atoms with Gasteiger partial charge in [0, 0.05) is 30.6 Å². The molecule has 0 saturated carbocycles. The smallest absolute Gasteiger partial charge is 0.260 e. The number of anilines is 1. The van der Waals surface area contributed by atoms with Gasteiger partial charge in [0.05, 0.1) is 6.54 Å². The van der Waals surface area contributed by atoms with Gasteiger partial charge in [-0.2, -0.15) is 0 Å². The van der Waals surface area contributed by atoms with E-state index in [1.165, 1.54) is 13.2 Å². The number of benzene rings is 1. The third-order valence-electron chi connectivity index (χ3n) is 4.17. The quantitative estimate of drug-likeness (QED) is 0.844. The molecule has 1 aliphatic heterocycles. The van der Waals surface area contributed by atoms with Crippen LogP contribution in [0.1, 0.15) is 21.6 Å². The van der Waals surface area contributed by atoms with Gasteiger partial charge in [-0.15, -0.1) is 0 Å². The number of pyridine rings is 1. The second-order valence-electron chi connectivity index (χ2n) is 6.26. The number of nitrogens with zero attached hydrogens (tertiary/aromatic N) is 1. The fraction of sp³-hybridized carbons (Fsp3) is 0.316. The minimum absolute atomic E-state index is 0.0472. The topological polar surface area (TPSA) is 101 Å². The summed E-state index contributed by atoms with van der Waals surface area (Å²) in [6.45, 7) is 2.65. The summed E-state index contributed by atoms with van der Waals surface area (Å²) in [5.41, 5.74) is 1.71. The predicted octanol–water partition coefficient (Wildman–Crippen LogP) is 1.30. The molecule has 0 saturated heterocycles. The fourth-order valence-corrected chi connectivity index (χ4v) is 2.88. The van der Waals surface area contributed by atoms with Crippen molar-refractivity contribution in [2.75, 3.05) is 32.2 Å². The second kappa shape index (κ2) is 8.05. The molecule has 2 N–H and O–H groups in total. The first-order valence-corrected chi connectivity index (χ1v) is 8.51. The Morgan fingerprint density at radius 1 is 1.30 bits per heavy atom. The van der Waals surface area contributed by atoms with Crippen LogP contribution in [0.25, 0.3) is 0 Å². The molecule has 142 valence electrons. The Morgan fingerprint density at radius 3 is 2.85 bits per heavy atom. The SMILES string of the molecule is COCC(=O)Nc1ccc2c(c1)CN(C(=O)c1ccc(C)[nH]c1=O)CCO2. The Hall–Kier alpha value is -3.13. The number of methoxy groups -OCH3 is 1. The Morgan fingerprint density at radius 2 is 2.11 bits per heavy atom. The molecule has 8 heteroatoms. The number of ether oxygens (including phenoxy) is 2. The largest absolute Gasteiger partial charge is 0.491 e. The molecule has 8 nitrogen and oxygen atoms in total. The minimum Gasteiger partial charge on any atom is -0.491 e. The number of H-pyrrole nitrogens is 1. The Bertz CT molecular complexity index is 922. The van der Waals surface area contributed by atoms with Crippen molar-refractivity contribution in [1.82, 2.24) is 9.88 Å². The fourth-order valence-electron chi connectivity index (χ4n) is 2.88. The molecule has 2 heterocycles. The molecule has 0 spiro atoms. The standard InChI is InChI=1S/C19H21N3O5/c1-12-3-5-15(18(24)20-12)19(25)22-7-8-27-16-6-4-14(9-13(16)10-22)21-17(23)11-26-2/h3-6,9H,7-8,10-11H2,1-2H3,(H,20,24)(H,21,23). The molecule has 1 aromatic carbocycles. The number of carbonyl (C=O) groups is 2. The third-order valence-corrected chi connectivity index (χ3v) is 4.17. The van der Waals surface area contributed by atoms with Crippen LogP contribution in [0.3, 0.4) is 0 Å². The molecule has 0 atom stereocenters. The molecule has 0 aliphatic carbocycles. The van der Waals surface area contributed by atoms with Crippen LogP contribution in [0.4, 0.5) is 5.69 Å². The zero-order chi connectivity index (χ0) is 19.4. The van der Waals surface area contributed by atoms with Crippen LogP contribution in [-0.4, -0.2) is 48.6 Å². The van der Waals surface area contributed by atoms with Crippen molar-refractivity contribution in [3.63, 3.8) is 0 Å². The lowest BCUT2D eigenvalue weighted by Gasteiger charge is -2.19. The molecular weight excluding hydrogens is 350 g/mol. The molecule has 2 aromatic rings. The summed E-state index contributed by atoms with van der Waals surface area (Å²) in [5, 5.41) is 2.73. The average Bonchev–Trinajstić information content (AvgIpc) is 2.83. The van der Waals surface area contributed by atoms with E-state index in [2.05, 4.69) is 10.3 Å². The Balaban J connectivity index is 1.83. The van der Waals surface area contributed by atoms with Gasteiger partial charge in [0.15, 0.2) is 0 Å². The molecule has 2 amide bonds. The second-order valence-corrected chi connectivity index (χ2v) is 6.26. The van der Waals surface area contributed by atoms with E-state index in [-0.39, 0.29) is 30.5 Å². The molecule has 27 heavy (non-hydrogen) atoms. The number of rotatable bonds is 4. The molecule has 1 aliphatic rings. The zero-order valence-electron chi connectivity index (χ0n) is 15.2. The number of fused-ring (bicyclic) bond motifs is 1. The number of aryl methyl sites for hydroxylation is 1. The molecule has 0 fully saturated rings. The Kier molecular flexibility index (Phi) is 5.56. The lowest BCUT2D eigenvalue weighted by atomic mass is 10.1. The van der Waals surface area contributed by atoms with Crippen molar-refractivity contribution in [3.8, 4) is 5.75 Å². The maximum Gasteiger partial charge on any atom is 0.260 e. The van der Waals surface area contributed by atoms with E-state index in [4.69, 9.17) is 9.47 Å². The highest BCUT2D eigenvalue weighted by Gasteiger charge is 2.23. The molecule has 0 unspecified atom stereocenters. The van der Waals surface area contributed by atoms with E-state index in [1.807, 2.05) is 0 Å². The number of carbonyl (C=O) groups excluding carboxylic acids is 2. The summed E-state index contributed by atoms with van der Waals surface area (Å²) in [5.74, 6) is 0.0143. The summed E-state index contributed by atoms with van der Waals surface area (Å²) in [4.78, 5) is 40.8. The summed E-state index contributed by atoms with van der Waals surface area (Å²) in [6.07, 6.45) is 0. The first kappa shape index (κ1) is 18.7. The monoisotopic (exact) mass is 371 g/mol. The lowest BCUT2D eigenvalue weighted by Crippen LogP contribution is -2.35. The highest BCUT2D eigenvalue weighted by molar-refractivity contribution is 5.94. The minimum atomic E-state index is -0.411. The van der Waals surface area contributed by atoms with Crippen molar-refractivity contribution in [2.45, 2.75) is 13.5 Å². The van der Waals surface area contributed by atoms with Crippen molar-refractivity contribution < 1.29 is 19.1 Å². The number of nitrogens with one attached hydrogen (secondary N) is 2. The van der Waals surface area contributed by atoms with Crippen molar-refractivity contribution in [2.24, 2.45) is 0 Å². The summed E-state index contributed by atoms with van der Waals surface area (Å²) >= 11 is 0. The number of hydrogen-bond donors (Lipinski definition) is 2. The van der Waals surface area contributed by atoms with Gasteiger partial charge in [0.2, 0.25) is 5.91 Å². The predicted molar refractivity (Wildman–Crippen MR) is 99.0 cm³/mol. The van der Waals surface area contributed by atoms with Gasteiger partial charge in [0.1, 0.15) is 24.5 Å². The van der Waals surface area contributed by atoms with Crippen LogP contribution in [-0.2, 0) is 16.1 Å². The summed E-state index contributed by atoms with van der Waals surface area (Å²) in [7, 11) is 1.45. The van der Waals surface area contributed by atoms with Crippen molar-refractivity contribution in [3.05, 3.63) is 57.5 Å². The number of aromatic nitrogens is 1.